The number of nitrogens with one attached hydrogen (secondary N) is 1. The Balaban J connectivity index is 0. The van der Waals surface area contributed by atoms with Crippen molar-refractivity contribution >= 4 is 0 Å². The summed E-state index contributed by atoms with van der Waals surface area (Å²) in [5, 5.41) is 11.7. The zero-order valence-corrected chi connectivity index (χ0v) is 9.06. The smallest absolute Gasteiger partial charge is 0.0584 e. The largest absolute Gasteiger partial charge is 0.395 e. The lowest BCUT2D eigenvalue weighted by atomic mass is 10.2. The van der Waals surface area contributed by atoms with Crippen molar-refractivity contribution in [1.82, 2.24) is 5.32 Å². The second kappa shape index (κ2) is 13.5. The highest BCUT2D eigenvalue weighted by molar-refractivity contribution is 4.71. The molecule has 2 N–H and O–H groups in total. The van der Waals surface area contributed by atoms with E-state index >= 15 is 0 Å². The maximum absolute atomic E-state index is 8.50. The molecular weight excluding hydrogens is 150 g/mol. The van der Waals surface area contributed by atoms with Crippen molar-refractivity contribution in [3.63, 3.8) is 0 Å². The second-order valence-corrected chi connectivity index (χ2v) is 2.68. The van der Waals surface area contributed by atoms with Crippen LogP contribution in [0.25, 0.3) is 0 Å². The van der Waals surface area contributed by atoms with E-state index in [-0.39, 0.29) is 0 Å². The Kier molecular flexibility index (Phi) is 16.3. The zero-order chi connectivity index (χ0) is 9.82. The van der Waals surface area contributed by atoms with Crippen LogP contribution in [-0.4, -0.2) is 24.3 Å². The van der Waals surface area contributed by atoms with Gasteiger partial charge in [-0.2, -0.15) is 0 Å². The maximum atomic E-state index is 8.50. The Morgan fingerprint density at radius 1 is 1.33 bits per heavy atom. The van der Waals surface area contributed by atoms with Gasteiger partial charge in [-0.1, -0.05) is 34.1 Å². The fourth-order valence-corrected chi connectivity index (χ4v) is 0.913. The number of aliphatic hydroxyl groups excluding tert-OH is 1. The molecule has 1 saturated heterocycles. The first-order valence-electron chi connectivity index (χ1n) is 5.19. The van der Waals surface area contributed by atoms with E-state index in [1.165, 1.54) is 12.8 Å². The zero-order valence-electron chi connectivity index (χ0n) is 9.06. The Morgan fingerprint density at radius 3 is 2.00 bits per heavy atom. The molecule has 0 radical (unpaired) electrons. The molecule has 0 aromatic carbocycles. The summed E-state index contributed by atoms with van der Waals surface area (Å²) in [7, 11) is 0. The minimum atomic E-state index is 0.306. The minimum Gasteiger partial charge on any atom is -0.395 e. The quantitative estimate of drug-likeness (QED) is 0.640. The van der Waals surface area contributed by atoms with Gasteiger partial charge in [0, 0.05) is 6.04 Å². The van der Waals surface area contributed by atoms with Crippen LogP contribution in [0.5, 0.6) is 0 Å². The van der Waals surface area contributed by atoms with E-state index in [0.717, 1.165) is 13.0 Å². The molecule has 0 saturated carbocycles. The molecule has 0 aromatic rings. The molecule has 1 fully saturated rings. The van der Waals surface area contributed by atoms with Crippen molar-refractivity contribution in [1.29, 1.82) is 0 Å². The van der Waals surface area contributed by atoms with Crippen LogP contribution >= 0.6 is 0 Å². The molecule has 0 aromatic heterocycles. The average Bonchev–Trinajstić information content (AvgIpc) is 2.61. The van der Waals surface area contributed by atoms with Crippen molar-refractivity contribution < 1.29 is 5.11 Å². The summed E-state index contributed by atoms with van der Waals surface area (Å²) in [4.78, 5) is 0. The molecule has 1 aliphatic rings. The standard InChI is InChI=1S/C5H11NO.C3H8.C2H6/c7-4-5-2-1-3-6-5;1-3-2;1-2/h5-7H,1-4H2;3H2,1-2H3;1-2H3. The van der Waals surface area contributed by atoms with Gasteiger partial charge in [0.25, 0.3) is 0 Å². The van der Waals surface area contributed by atoms with Gasteiger partial charge in [0.1, 0.15) is 0 Å². The third-order valence-corrected chi connectivity index (χ3v) is 1.38. The molecule has 1 aliphatic heterocycles. The summed E-state index contributed by atoms with van der Waals surface area (Å²) in [6.07, 6.45) is 3.63. The van der Waals surface area contributed by atoms with Gasteiger partial charge in [-0.15, -0.1) is 0 Å². The fourth-order valence-electron chi connectivity index (χ4n) is 0.913. The summed E-state index contributed by atoms with van der Waals surface area (Å²) >= 11 is 0. The van der Waals surface area contributed by atoms with Crippen molar-refractivity contribution in [2.24, 2.45) is 0 Å². The predicted molar refractivity (Wildman–Crippen MR) is 55.4 cm³/mol. The van der Waals surface area contributed by atoms with E-state index < -0.39 is 0 Å². The summed E-state index contributed by atoms with van der Waals surface area (Å²) in [6, 6.07) is 0.403. The molecular formula is C10H25NO. The van der Waals surface area contributed by atoms with Crippen LogP contribution in [-0.2, 0) is 0 Å². The topological polar surface area (TPSA) is 32.3 Å². The van der Waals surface area contributed by atoms with Gasteiger partial charge in [0.15, 0.2) is 0 Å². The lowest BCUT2D eigenvalue weighted by Gasteiger charge is -2.01. The third kappa shape index (κ3) is 9.92. The summed E-state index contributed by atoms with van der Waals surface area (Å²) in [5.41, 5.74) is 0. The van der Waals surface area contributed by atoms with Crippen molar-refractivity contribution in [2.75, 3.05) is 13.2 Å². The van der Waals surface area contributed by atoms with Crippen LogP contribution in [0.15, 0.2) is 0 Å². The van der Waals surface area contributed by atoms with Gasteiger partial charge in [-0.05, 0) is 19.4 Å². The lowest BCUT2D eigenvalue weighted by molar-refractivity contribution is 0.255. The van der Waals surface area contributed by atoms with E-state index in [1.54, 1.807) is 0 Å². The van der Waals surface area contributed by atoms with Crippen LogP contribution in [0.1, 0.15) is 47.0 Å². The van der Waals surface area contributed by atoms with E-state index in [1.807, 2.05) is 13.8 Å². The van der Waals surface area contributed by atoms with Gasteiger partial charge in [-0.3, -0.25) is 0 Å². The van der Waals surface area contributed by atoms with E-state index in [0.29, 0.717) is 12.6 Å². The van der Waals surface area contributed by atoms with Crippen molar-refractivity contribution in [3.8, 4) is 0 Å². The second-order valence-electron chi connectivity index (χ2n) is 2.68. The van der Waals surface area contributed by atoms with E-state index in [9.17, 15) is 0 Å². The molecule has 0 amide bonds. The van der Waals surface area contributed by atoms with Gasteiger partial charge in [0.2, 0.25) is 0 Å². The molecule has 0 spiro atoms. The van der Waals surface area contributed by atoms with Gasteiger partial charge in [0.05, 0.1) is 6.61 Å². The number of rotatable bonds is 1. The van der Waals surface area contributed by atoms with Gasteiger partial charge < -0.3 is 10.4 Å². The normalized spacial score (nSPS) is 20.2. The Bertz CT molecular complexity index is 60.9. The molecule has 1 rings (SSSR count). The summed E-state index contributed by atoms with van der Waals surface area (Å²) in [5.74, 6) is 0. The summed E-state index contributed by atoms with van der Waals surface area (Å²) < 4.78 is 0. The van der Waals surface area contributed by atoms with Crippen LogP contribution in [0.4, 0.5) is 0 Å². The Morgan fingerprint density at radius 2 is 1.83 bits per heavy atom. The van der Waals surface area contributed by atoms with Crippen LogP contribution < -0.4 is 5.32 Å². The van der Waals surface area contributed by atoms with Crippen molar-refractivity contribution in [2.45, 2.75) is 53.0 Å². The summed E-state index contributed by atoms with van der Waals surface area (Å²) in [6.45, 7) is 9.64. The first kappa shape index (κ1) is 14.4. The Hall–Kier alpha value is -0.0800. The SMILES string of the molecule is CC.CCC.OCC1CCCN1. The highest BCUT2D eigenvalue weighted by atomic mass is 16.3. The molecule has 12 heavy (non-hydrogen) atoms. The monoisotopic (exact) mass is 175 g/mol. The first-order chi connectivity index (χ1) is 5.85. The highest BCUT2D eigenvalue weighted by Crippen LogP contribution is 2.02. The Labute approximate surface area is 77.4 Å². The molecule has 76 valence electrons. The maximum Gasteiger partial charge on any atom is 0.0584 e. The molecule has 2 nitrogen and oxygen atoms in total. The number of aliphatic hydroxyl groups is 1. The van der Waals surface area contributed by atoms with Crippen LogP contribution in [0.2, 0.25) is 0 Å². The fraction of sp³-hybridized carbons (Fsp3) is 1.00. The van der Waals surface area contributed by atoms with Crippen LogP contribution in [0.3, 0.4) is 0 Å². The lowest BCUT2D eigenvalue weighted by Crippen LogP contribution is -2.24. The molecule has 1 heterocycles. The average molecular weight is 175 g/mol. The van der Waals surface area contributed by atoms with E-state index in [2.05, 4.69) is 19.2 Å². The molecule has 2 heteroatoms. The van der Waals surface area contributed by atoms with Gasteiger partial charge >= 0.3 is 0 Å². The molecule has 1 unspecified atom stereocenters. The van der Waals surface area contributed by atoms with Crippen LogP contribution in [0, 0.1) is 0 Å². The molecule has 0 aliphatic carbocycles. The number of hydrogen-bond acceptors (Lipinski definition) is 2. The van der Waals surface area contributed by atoms with Crippen molar-refractivity contribution in [3.05, 3.63) is 0 Å². The van der Waals surface area contributed by atoms with E-state index in [4.69, 9.17) is 5.11 Å². The number of hydrogen-bond donors (Lipinski definition) is 2. The highest BCUT2D eigenvalue weighted by Gasteiger charge is 2.10. The minimum absolute atomic E-state index is 0.306. The molecule has 1 atom stereocenters. The predicted octanol–water partition coefficient (Wildman–Crippen LogP) is 2.17. The molecule has 0 bridgehead atoms. The first-order valence-corrected chi connectivity index (χ1v) is 5.19. The van der Waals surface area contributed by atoms with Gasteiger partial charge in [-0.25, -0.2) is 0 Å². The third-order valence-electron chi connectivity index (χ3n) is 1.38.